The van der Waals surface area contributed by atoms with Gasteiger partial charge in [-0.2, -0.15) is 0 Å². The first-order chi connectivity index (χ1) is 14.4. The van der Waals surface area contributed by atoms with Gasteiger partial charge < -0.3 is 25.0 Å². The Bertz CT molecular complexity index is 765. The second kappa shape index (κ2) is 10.3. The summed E-state index contributed by atoms with van der Waals surface area (Å²) in [4.78, 5) is 25.7. The van der Waals surface area contributed by atoms with Gasteiger partial charge in [-0.25, -0.2) is 13.6 Å². The highest BCUT2D eigenvalue weighted by molar-refractivity contribution is 5.73. The van der Waals surface area contributed by atoms with Gasteiger partial charge in [-0.3, -0.25) is 9.69 Å². The van der Waals surface area contributed by atoms with Crippen LogP contribution in [0.4, 0.5) is 13.6 Å². The lowest BCUT2D eigenvalue weighted by Crippen LogP contribution is -2.62. The molecule has 1 fully saturated rings. The number of hydrogen-bond donors (Lipinski definition) is 3. The normalized spacial score (nSPS) is 21.4. The first kappa shape index (κ1) is 25.0. The minimum atomic E-state index is -1.35. The number of amides is 2. The van der Waals surface area contributed by atoms with Gasteiger partial charge in [-0.15, -0.1) is 0 Å². The summed E-state index contributed by atoms with van der Waals surface area (Å²) < 4.78 is 38.1. The number of rotatable bonds is 6. The molecule has 4 unspecified atom stereocenters. The van der Waals surface area contributed by atoms with Crippen molar-refractivity contribution in [2.24, 2.45) is 0 Å². The van der Waals surface area contributed by atoms with Crippen molar-refractivity contribution in [3.8, 4) is 0 Å². The predicted octanol–water partition coefficient (Wildman–Crippen LogP) is 1.37. The van der Waals surface area contributed by atoms with Crippen LogP contribution in [-0.4, -0.2) is 76.8 Å². The average Bonchev–Trinajstić information content (AvgIpc) is 2.64. The first-order valence-corrected chi connectivity index (χ1v) is 10.0. The van der Waals surface area contributed by atoms with Crippen molar-refractivity contribution in [3.63, 3.8) is 0 Å². The molecule has 1 aliphatic rings. The van der Waals surface area contributed by atoms with Crippen molar-refractivity contribution in [2.45, 2.75) is 64.0 Å². The second-order valence-electron chi connectivity index (χ2n) is 8.62. The molecule has 8 nitrogen and oxygen atoms in total. The van der Waals surface area contributed by atoms with E-state index in [0.29, 0.717) is 0 Å². The molecule has 1 aromatic carbocycles. The van der Waals surface area contributed by atoms with Crippen LogP contribution < -0.4 is 5.32 Å². The quantitative estimate of drug-likeness (QED) is 0.612. The lowest BCUT2D eigenvalue weighted by Gasteiger charge is -2.43. The van der Waals surface area contributed by atoms with Crippen molar-refractivity contribution in [2.75, 3.05) is 19.8 Å². The first-order valence-electron chi connectivity index (χ1n) is 10.0. The second-order valence-corrected chi connectivity index (χ2v) is 8.62. The number of halogens is 2. The summed E-state index contributed by atoms with van der Waals surface area (Å²) in [7, 11) is 0. The Morgan fingerprint density at radius 2 is 1.90 bits per heavy atom. The zero-order chi connectivity index (χ0) is 23.3. The molecule has 1 aliphatic heterocycles. The van der Waals surface area contributed by atoms with Crippen LogP contribution in [0, 0.1) is 11.6 Å². The molecule has 0 aromatic heterocycles. The van der Waals surface area contributed by atoms with E-state index in [1.807, 2.05) is 0 Å². The number of ether oxygens (including phenoxy) is 2. The minimum Gasteiger partial charge on any atom is -0.444 e. The fraction of sp³-hybridized carbons (Fsp3) is 0.619. The summed E-state index contributed by atoms with van der Waals surface area (Å²) in [6, 6.07) is 1.04. The summed E-state index contributed by atoms with van der Waals surface area (Å²) in [5.41, 5.74) is -0.570. The smallest absolute Gasteiger partial charge is 0.410 e. The number of benzene rings is 1. The maximum atomic E-state index is 13.6. The molecular weight excluding hydrogens is 414 g/mol. The number of hydrogen-bond acceptors (Lipinski definition) is 6. The van der Waals surface area contributed by atoms with Crippen LogP contribution in [0.2, 0.25) is 0 Å². The molecule has 0 radical (unpaired) electrons. The third-order valence-corrected chi connectivity index (χ3v) is 4.71. The van der Waals surface area contributed by atoms with Crippen molar-refractivity contribution in [1.29, 1.82) is 0 Å². The zero-order valence-electron chi connectivity index (χ0n) is 18.1. The van der Waals surface area contributed by atoms with Crippen molar-refractivity contribution >= 4 is 12.0 Å². The molecular formula is C21H30F2N2O6. The van der Waals surface area contributed by atoms with Gasteiger partial charge in [0, 0.05) is 13.0 Å². The molecule has 0 bridgehead atoms. The Labute approximate surface area is 180 Å². The summed E-state index contributed by atoms with van der Waals surface area (Å²) in [6.45, 7) is 5.83. The van der Waals surface area contributed by atoms with Gasteiger partial charge in [-0.05, 0) is 44.9 Å². The molecule has 10 heteroatoms. The summed E-state index contributed by atoms with van der Waals surface area (Å²) in [6.07, 6.45) is -2.80. The van der Waals surface area contributed by atoms with E-state index < -0.39 is 53.5 Å². The Kier molecular flexibility index (Phi) is 8.33. The van der Waals surface area contributed by atoms with Gasteiger partial charge in [-0.1, -0.05) is 0 Å². The van der Waals surface area contributed by atoms with E-state index in [1.165, 1.54) is 11.8 Å². The van der Waals surface area contributed by atoms with Crippen LogP contribution >= 0.6 is 0 Å². The predicted molar refractivity (Wildman–Crippen MR) is 107 cm³/mol. The van der Waals surface area contributed by atoms with E-state index in [0.717, 1.165) is 18.2 Å². The lowest BCUT2D eigenvalue weighted by atomic mass is 9.94. The van der Waals surface area contributed by atoms with E-state index in [-0.39, 0.29) is 31.7 Å². The molecule has 1 aromatic rings. The molecule has 174 valence electrons. The minimum absolute atomic E-state index is 0.0332. The number of aliphatic hydroxyl groups excluding tert-OH is 2. The van der Waals surface area contributed by atoms with Crippen LogP contribution in [0.15, 0.2) is 18.2 Å². The van der Waals surface area contributed by atoms with Gasteiger partial charge in [0.1, 0.15) is 17.2 Å². The molecule has 31 heavy (non-hydrogen) atoms. The molecule has 4 atom stereocenters. The highest BCUT2D eigenvalue weighted by atomic mass is 19.1. The number of aliphatic hydroxyl groups is 2. The van der Waals surface area contributed by atoms with E-state index in [9.17, 15) is 28.6 Å². The van der Waals surface area contributed by atoms with Gasteiger partial charge >= 0.3 is 6.09 Å². The summed E-state index contributed by atoms with van der Waals surface area (Å²) in [5.74, 6) is -2.03. The van der Waals surface area contributed by atoms with Gasteiger partial charge in [0.2, 0.25) is 5.91 Å². The number of nitrogens with zero attached hydrogens (tertiary/aromatic N) is 1. The van der Waals surface area contributed by atoms with Crippen molar-refractivity contribution in [3.05, 3.63) is 35.4 Å². The third-order valence-electron chi connectivity index (χ3n) is 4.71. The fourth-order valence-electron chi connectivity index (χ4n) is 3.43. The van der Waals surface area contributed by atoms with E-state index >= 15 is 0 Å². The van der Waals surface area contributed by atoms with Crippen molar-refractivity contribution < 1.29 is 38.1 Å². The maximum Gasteiger partial charge on any atom is 0.410 e. The van der Waals surface area contributed by atoms with Gasteiger partial charge in [0.05, 0.1) is 44.1 Å². The van der Waals surface area contributed by atoms with Crippen LogP contribution in [0.1, 0.15) is 33.3 Å². The highest BCUT2D eigenvalue weighted by Gasteiger charge is 2.41. The summed E-state index contributed by atoms with van der Waals surface area (Å²) >= 11 is 0. The van der Waals surface area contributed by atoms with E-state index in [4.69, 9.17) is 9.47 Å². The fourth-order valence-corrected chi connectivity index (χ4v) is 3.43. The maximum absolute atomic E-state index is 13.6. The Morgan fingerprint density at radius 3 is 2.42 bits per heavy atom. The molecule has 1 heterocycles. The van der Waals surface area contributed by atoms with Gasteiger partial charge in [0.25, 0.3) is 0 Å². The molecule has 2 amide bonds. The SMILES string of the molecule is CC(=O)NC(Cc1cc(F)cc(F)c1)C(O)C1COC(CO)CN1C(=O)OC(C)(C)C. The largest absolute Gasteiger partial charge is 0.444 e. The van der Waals surface area contributed by atoms with E-state index in [2.05, 4.69) is 5.32 Å². The Hall–Kier alpha value is -2.30. The zero-order valence-corrected chi connectivity index (χ0v) is 18.1. The van der Waals surface area contributed by atoms with E-state index in [1.54, 1.807) is 20.8 Å². The molecule has 0 aliphatic carbocycles. The third kappa shape index (κ3) is 7.41. The van der Waals surface area contributed by atoms with Crippen LogP contribution in [0.3, 0.4) is 0 Å². The number of nitrogens with one attached hydrogen (secondary N) is 1. The number of carbonyl (C=O) groups excluding carboxylic acids is 2. The van der Waals surface area contributed by atoms with Crippen LogP contribution in [0.5, 0.6) is 0 Å². The average molecular weight is 444 g/mol. The van der Waals surface area contributed by atoms with Crippen LogP contribution in [-0.2, 0) is 20.7 Å². The molecule has 0 saturated carbocycles. The lowest BCUT2D eigenvalue weighted by molar-refractivity contribution is -0.126. The van der Waals surface area contributed by atoms with Crippen LogP contribution in [0.25, 0.3) is 0 Å². The highest BCUT2D eigenvalue weighted by Crippen LogP contribution is 2.22. The molecule has 2 rings (SSSR count). The summed E-state index contributed by atoms with van der Waals surface area (Å²) in [5, 5.41) is 23.1. The standard InChI is InChI=1S/C21H30F2N2O6/c1-12(27)24-17(7-13-5-14(22)8-15(23)6-13)19(28)18-11-30-16(10-26)9-25(18)20(29)31-21(2,3)4/h5-6,8,16-19,26,28H,7,9-11H2,1-4H3,(H,24,27). The topological polar surface area (TPSA) is 108 Å². The number of morpholine rings is 1. The monoisotopic (exact) mass is 444 g/mol. The molecule has 3 N–H and O–H groups in total. The Morgan fingerprint density at radius 1 is 1.29 bits per heavy atom. The molecule has 1 saturated heterocycles. The van der Waals surface area contributed by atoms with Crippen molar-refractivity contribution in [1.82, 2.24) is 10.2 Å². The Balaban J connectivity index is 2.29. The van der Waals surface area contributed by atoms with Gasteiger partial charge in [0.15, 0.2) is 0 Å². The molecule has 0 spiro atoms. The number of carbonyl (C=O) groups is 2.